The van der Waals surface area contributed by atoms with Gasteiger partial charge in [0.15, 0.2) is 9.84 Å². The first kappa shape index (κ1) is 12.4. The molecule has 6 heteroatoms. The number of nitrogens with one attached hydrogen (secondary N) is 1. The fourth-order valence-electron chi connectivity index (χ4n) is 1.78. The summed E-state index contributed by atoms with van der Waals surface area (Å²) in [6, 6.07) is 0. The van der Waals surface area contributed by atoms with E-state index in [1.807, 2.05) is 6.92 Å². The number of hydrogen-bond donors (Lipinski definition) is 1. The van der Waals surface area contributed by atoms with Crippen LogP contribution in [0.4, 0.5) is 0 Å². The van der Waals surface area contributed by atoms with Gasteiger partial charge in [-0.3, -0.25) is 4.79 Å². The predicted octanol–water partition coefficient (Wildman–Crippen LogP) is -0.284. The maximum atomic E-state index is 11.6. The fourth-order valence-corrected chi connectivity index (χ4v) is 3.70. The van der Waals surface area contributed by atoms with Crippen molar-refractivity contribution >= 4 is 15.8 Å². The third-order valence-corrected chi connectivity index (χ3v) is 4.35. The minimum absolute atomic E-state index is 0.0544. The molecule has 1 atom stereocenters. The Morgan fingerprint density at radius 3 is 2.60 bits per heavy atom. The number of methoxy groups -OCH3 is 1. The summed E-state index contributed by atoms with van der Waals surface area (Å²) in [5.41, 5.74) is -1.01. The minimum Gasteiger partial charge on any atom is -0.468 e. The SMILES string of the molecule is CCCNC1(C(=O)OC)CCS(=O)(=O)C1. The lowest BCUT2D eigenvalue weighted by Gasteiger charge is -2.25. The Labute approximate surface area is 90.1 Å². The molecule has 88 valence electrons. The molecule has 1 heterocycles. The maximum Gasteiger partial charge on any atom is 0.327 e. The summed E-state index contributed by atoms with van der Waals surface area (Å²) in [6.45, 7) is 2.58. The first-order chi connectivity index (χ1) is 6.96. The van der Waals surface area contributed by atoms with Crippen LogP contribution in [-0.2, 0) is 19.4 Å². The van der Waals surface area contributed by atoms with Crippen LogP contribution in [0.3, 0.4) is 0 Å². The molecule has 0 radical (unpaired) electrons. The topological polar surface area (TPSA) is 72.5 Å². The van der Waals surface area contributed by atoms with Crippen molar-refractivity contribution in [3.8, 4) is 0 Å². The van der Waals surface area contributed by atoms with E-state index in [0.717, 1.165) is 6.42 Å². The van der Waals surface area contributed by atoms with Gasteiger partial charge in [0, 0.05) is 0 Å². The van der Waals surface area contributed by atoms with Crippen LogP contribution in [0.1, 0.15) is 19.8 Å². The molecular formula is C9H17NO4S. The number of carbonyl (C=O) groups excluding carboxylic acids is 1. The summed E-state index contributed by atoms with van der Waals surface area (Å²) in [5, 5.41) is 3.00. The van der Waals surface area contributed by atoms with Crippen molar-refractivity contribution in [1.29, 1.82) is 0 Å². The molecule has 1 aliphatic heterocycles. The second kappa shape index (κ2) is 4.49. The van der Waals surface area contributed by atoms with Gasteiger partial charge >= 0.3 is 5.97 Å². The summed E-state index contributed by atoms with van der Waals surface area (Å²) in [7, 11) is -1.82. The molecular weight excluding hydrogens is 218 g/mol. The van der Waals surface area contributed by atoms with Gasteiger partial charge in [-0.1, -0.05) is 6.92 Å². The van der Waals surface area contributed by atoms with Crippen molar-refractivity contribution in [2.24, 2.45) is 0 Å². The molecule has 0 aromatic rings. The van der Waals surface area contributed by atoms with E-state index in [4.69, 9.17) is 0 Å². The fraction of sp³-hybridized carbons (Fsp3) is 0.889. The normalized spacial score (nSPS) is 28.9. The smallest absolute Gasteiger partial charge is 0.327 e. The van der Waals surface area contributed by atoms with Gasteiger partial charge in [0.1, 0.15) is 5.54 Å². The van der Waals surface area contributed by atoms with Crippen molar-refractivity contribution in [1.82, 2.24) is 5.32 Å². The van der Waals surface area contributed by atoms with Crippen LogP contribution in [0.2, 0.25) is 0 Å². The summed E-state index contributed by atoms with van der Waals surface area (Å²) < 4.78 is 27.4. The van der Waals surface area contributed by atoms with Gasteiger partial charge in [-0.25, -0.2) is 8.42 Å². The maximum absolute atomic E-state index is 11.6. The first-order valence-electron chi connectivity index (χ1n) is 4.99. The highest BCUT2D eigenvalue weighted by atomic mass is 32.2. The Balaban J connectivity index is 2.84. The Kier molecular flexibility index (Phi) is 3.72. The summed E-state index contributed by atoms with van der Waals surface area (Å²) in [6.07, 6.45) is 1.15. The largest absolute Gasteiger partial charge is 0.468 e. The summed E-state index contributed by atoms with van der Waals surface area (Å²) in [5.74, 6) is -0.567. The molecule has 1 N–H and O–H groups in total. The van der Waals surface area contributed by atoms with Crippen LogP contribution >= 0.6 is 0 Å². The van der Waals surface area contributed by atoms with Gasteiger partial charge in [0.05, 0.1) is 18.6 Å². The minimum atomic E-state index is -3.10. The monoisotopic (exact) mass is 235 g/mol. The number of esters is 1. The van der Waals surface area contributed by atoms with E-state index < -0.39 is 21.3 Å². The summed E-state index contributed by atoms with van der Waals surface area (Å²) >= 11 is 0. The number of rotatable bonds is 4. The van der Waals surface area contributed by atoms with Crippen molar-refractivity contribution in [3.63, 3.8) is 0 Å². The first-order valence-corrected chi connectivity index (χ1v) is 6.82. The van der Waals surface area contributed by atoms with Gasteiger partial charge in [-0.15, -0.1) is 0 Å². The van der Waals surface area contributed by atoms with Gasteiger partial charge in [-0.05, 0) is 19.4 Å². The van der Waals surface area contributed by atoms with Crippen molar-refractivity contribution < 1.29 is 17.9 Å². The van der Waals surface area contributed by atoms with Crippen LogP contribution in [0.25, 0.3) is 0 Å². The second-order valence-electron chi connectivity index (χ2n) is 3.84. The molecule has 1 unspecified atom stereocenters. The zero-order valence-electron chi connectivity index (χ0n) is 9.08. The van der Waals surface area contributed by atoms with Gasteiger partial charge in [0.25, 0.3) is 0 Å². The van der Waals surface area contributed by atoms with Gasteiger partial charge < -0.3 is 10.1 Å². The Morgan fingerprint density at radius 2 is 2.20 bits per heavy atom. The quantitative estimate of drug-likeness (QED) is 0.678. The van der Waals surface area contributed by atoms with Crippen LogP contribution < -0.4 is 5.32 Å². The lowest BCUT2D eigenvalue weighted by Crippen LogP contribution is -2.54. The number of hydrogen-bond acceptors (Lipinski definition) is 5. The number of ether oxygens (including phenoxy) is 1. The van der Waals surface area contributed by atoms with E-state index in [1.165, 1.54) is 7.11 Å². The molecule has 1 fully saturated rings. The molecule has 0 aromatic heterocycles. The van der Waals surface area contributed by atoms with Crippen molar-refractivity contribution in [2.45, 2.75) is 25.3 Å². The van der Waals surface area contributed by atoms with Gasteiger partial charge in [-0.2, -0.15) is 0 Å². The van der Waals surface area contributed by atoms with Crippen LogP contribution in [-0.4, -0.2) is 45.1 Å². The molecule has 0 saturated carbocycles. The Bertz CT molecular complexity index is 338. The van der Waals surface area contributed by atoms with E-state index in [0.29, 0.717) is 13.0 Å². The molecule has 15 heavy (non-hydrogen) atoms. The molecule has 1 aliphatic rings. The third-order valence-electron chi connectivity index (χ3n) is 2.60. The second-order valence-corrected chi connectivity index (χ2v) is 6.03. The lowest BCUT2D eigenvalue weighted by molar-refractivity contribution is -0.147. The molecule has 0 aromatic carbocycles. The van der Waals surface area contributed by atoms with E-state index in [1.54, 1.807) is 0 Å². The van der Waals surface area contributed by atoms with E-state index in [-0.39, 0.29) is 11.5 Å². The van der Waals surface area contributed by atoms with Crippen LogP contribution in [0.5, 0.6) is 0 Å². The highest BCUT2D eigenvalue weighted by Gasteiger charge is 2.48. The number of sulfone groups is 1. The average molecular weight is 235 g/mol. The van der Waals surface area contributed by atoms with Crippen LogP contribution in [0, 0.1) is 0 Å². The number of carbonyl (C=O) groups is 1. The lowest BCUT2D eigenvalue weighted by atomic mass is 9.99. The van der Waals surface area contributed by atoms with Crippen molar-refractivity contribution in [2.75, 3.05) is 25.2 Å². The molecule has 0 amide bonds. The summed E-state index contributed by atoms with van der Waals surface area (Å²) in [4.78, 5) is 11.6. The molecule has 0 aliphatic carbocycles. The van der Waals surface area contributed by atoms with Crippen LogP contribution in [0.15, 0.2) is 0 Å². The molecule has 5 nitrogen and oxygen atoms in total. The molecule has 0 spiro atoms. The zero-order chi connectivity index (χ0) is 11.5. The standard InChI is InChI=1S/C9H17NO4S/c1-3-5-10-9(8(11)14-2)4-6-15(12,13)7-9/h10H,3-7H2,1-2H3. The Hall–Kier alpha value is -0.620. The molecule has 1 saturated heterocycles. The molecule has 1 rings (SSSR count). The van der Waals surface area contributed by atoms with E-state index in [9.17, 15) is 13.2 Å². The zero-order valence-corrected chi connectivity index (χ0v) is 9.89. The Morgan fingerprint density at radius 1 is 1.53 bits per heavy atom. The average Bonchev–Trinajstić information content (AvgIpc) is 2.51. The predicted molar refractivity (Wildman–Crippen MR) is 56.3 cm³/mol. The highest BCUT2D eigenvalue weighted by Crippen LogP contribution is 2.24. The van der Waals surface area contributed by atoms with E-state index >= 15 is 0 Å². The highest BCUT2D eigenvalue weighted by molar-refractivity contribution is 7.91. The third kappa shape index (κ3) is 2.69. The van der Waals surface area contributed by atoms with E-state index in [2.05, 4.69) is 10.1 Å². The van der Waals surface area contributed by atoms with Crippen molar-refractivity contribution in [3.05, 3.63) is 0 Å². The molecule has 0 bridgehead atoms. The van der Waals surface area contributed by atoms with Gasteiger partial charge in [0.2, 0.25) is 0 Å².